The standard InChI is InChI=1S/C18H27N6O7PS/c1-9(25)10-5-4-6-33-32(28,23-10)30-7-11-13(26)18(2,27)16(31-11)24-8-20-12-14(24)21-17(19)22-15(12)29-3/h8,10-11,13,16,26-27H,4-7H2,1-3H3,(H,23,28)(H2,19,21,22)/t10-,11-,13-,16-,18-,32-/m1/s1. The van der Waals surface area contributed by atoms with E-state index in [-0.39, 0.29) is 29.9 Å². The Hall–Kier alpha value is -1.80. The third kappa shape index (κ3) is 4.61. The fraction of sp³-hybridized carbons (Fsp3) is 0.667. The summed E-state index contributed by atoms with van der Waals surface area (Å²) in [6, 6.07) is -0.562. The molecule has 2 aromatic heterocycles. The van der Waals surface area contributed by atoms with Gasteiger partial charge in [0, 0.05) is 5.75 Å². The predicted octanol–water partition coefficient (Wildman–Crippen LogP) is 0.625. The van der Waals surface area contributed by atoms with Crippen molar-refractivity contribution in [2.75, 3.05) is 25.2 Å². The van der Waals surface area contributed by atoms with Crippen LogP contribution in [0.3, 0.4) is 0 Å². The van der Waals surface area contributed by atoms with Crippen molar-refractivity contribution in [3.05, 3.63) is 6.33 Å². The summed E-state index contributed by atoms with van der Waals surface area (Å²) in [5, 5.41) is 24.7. The molecule has 182 valence electrons. The zero-order valence-electron chi connectivity index (χ0n) is 18.4. The number of carbonyl (C=O) groups excluding carboxylic acids is 1. The maximum atomic E-state index is 13.2. The molecule has 15 heteroatoms. The Morgan fingerprint density at radius 2 is 2.27 bits per heavy atom. The molecule has 2 saturated heterocycles. The molecule has 0 unspecified atom stereocenters. The minimum Gasteiger partial charge on any atom is -0.479 e. The molecule has 0 bridgehead atoms. The molecule has 0 saturated carbocycles. The summed E-state index contributed by atoms with van der Waals surface area (Å²) in [5.74, 6) is 0.537. The Morgan fingerprint density at radius 1 is 1.52 bits per heavy atom. The van der Waals surface area contributed by atoms with Gasteiger partial charge in [-0.1, -0.05) is 11.4 Å². The van der Waals surface area contributed by atoms with Gasteiger partial charge in [-0.25, -0.2) is 10.1 Å². The number of nitrogens with zero attached hydrogens (tertiary/aromatic N) is 4. The molecule has 13 nitrogen and oxygen atoms in total. The highest BCUT2D eigenvalue weighted by atomic mass is 32.7. The number of ketones is 1. The van der Waals surface area contributed by atoms with Gasteiger partial charge in [-0.2, -0.15) is 9.97 Å². The normalized spacial score (nSPS) is 34.9. The van der Waals surface area contributed by atoms with Gasteiger partial charge < -0.3 is 29.9 Å². The number of aliphatic hydroxyl groups excluding tert-OH is 1. The first kappa shape index (κ1) is 24.3. The van der Waals surface area contributed by atoms with Crippen molar-refractivity contribution < 1.29 is 33.6 Å². The second-order valence-electron chi connectivity index (χ2n) is 8.17. The van der Waals surface area contributed by atoms with E-state index in [1.54, 1.807) is 0 Å². The fourth-order valence-corrected chi connectivity index (χ4v) is 7.82. The number of ether oxygens (including phenoxy) is 2. The van der Waals surface area contributed by atoms with E-state index >= 15 is 0 Å². The van der Waals surface area contributed by atoms with Crippen molar-refractivity contribution in [2.45, 2.75) is 56.8 Å². The highest BCUT2D eigenvalue weighted by molar-refractivity contribution is 8.56. The van der Waals surface area contributed by atoms with E-state index in [9.17, 15) is 19.6 Å². The van der Waals surface area contributed by atoms with Crippen LogP contribution >= 0.6 is 18.1 Å². The molecule has 0 radical (unpaired) electrons. The summed E-state index contributed by atoms with van der Waals surface area (Å²) < 4.78 is 31.4. The summed E-state index contributed by atoms with van der Waals surface area (Å²) in [5.41, 5.74) is 4.54. The van der Waals surface area contributed by atoms with Gasteiger partial charge >= 0.3 is 6.72 Å². The monoisotopic (exact) mass is 502 g/mol. The van der Waals surface area contributed by atoms with Gasteiger partial charge in [0.05, 0.1) is 26.1 Å². The van der Waals surface area contributed by atoms with Crippen LogP contribution in [0.5, 0.6) is 5.88 Å². The highest BCUT2D eigenvalue weighted by Gasteiger charge is 2.54. The average molecular weight is 502 g/mol. The lowest BCUT2D eigenvalue weighted by Crippen LogP contribution is -2.44. The van der Waals surface area contributed by atoms with Crippen molar-refractivity contribution in [3.63, 3.8) is 0 Å². The number of fused-ring (bicyclic) bond motifs is 1. The Kier molecular flexibility index (Phi) is 6.71. The summed E-state index contributed by atoms with van der Waals surface area (Å²) in [7, 11) is 1.41. The molecule has 0 aromatic carbocycles. The van der Waals surface area contributed by atoms with Gasteiger partial charge in [0.2, 0.25) is 11.8 Å². The number of nitrogens with two attached hydrogens (primary N) is 1. The quantitative estimate of drug-likeness (QED) is 0.404. The molecule has 0 amide bonds. The minimum absolute atomic E-state index is 0.0613. The van der Waals surface area contributed by atoms with E-state index in [0.717, 1.165) is 17.8 Å². The van der Waals surface area contributed by atoms with Crippen molar-refractivity contribution in [1.82, 2.24) is 24.6 Å². The third-order valence-electron chi connectivity index (χ3n) is 5.72. The van der Waals surface area contributed by atoms with Crippen LogP contribution in [0.1, 0.15) is 32.9 Å². The molecule has 2 fully saturated rings. The van der Waals surface area contributed by atoms with Gasteiger partial charge in [-0.15, -0.1) is 0 Å². The number of hydrogen-bond acceptors (Lipinski definition) is 12. The second kappa shape index (κ2) is 9.10. The highest BCUT2D eigenvalue weighted by Crippen LogP contribution is 2.58. The van der Waals surface area contributed by atoms with Crippen LogP contribution < -0.4 is 15.6 Å². The Labute approximate surface area is 193 Å². The van der Waals surface area contributed by atoms with E-state index in [0.29, 0.717) is 17.7 Å². The Bertz CT molecular complexity index is 1100. The molecular weight excluding hydrogens is 475 g/mol. The van der Waals surface area contributed by atoms with Crippen molar-refractivity contribution in [3.8, 4) is 5.88 Å². The number of imidazole rings is 1. The van der Waals surface area contributed by atoms with E-state index < -0.39 is 36.8 Å². The molecular formula is C18H27N6O7PS. The largest absolute Gasteiger partial charge is 0.479 e. The first-order valence-corrected chi connectivity index (χ1v) is 13.5. The molecule has 4 rings (SSSR count). The van der Waals surface area contributed by atoms with Crippen LogP contribution in [0.25, 0.3) is 11.2 Å². The van der Waals surface area contributed by atoms with Gasteiger partial charge in [0.15, 0.2) is 17.4 Å². The molecule has 33 heavy (non-hydrogen) atoms. The number of nitrogens with one attached hydrogen (secondary N) is 1. The molecule has 4 heterocycles. The van der Waals surface area contributed by atoms with Crippen LogP contribution in [0.2, 0.25) is 0 Å². The zero-order valence-corrected chi connectivity index (χ0v) is 20.1. The molecule has 6 atom stereocenters. The van der Waals surface area contributed by atoms with E-state index in [2.05, 4.69) is 20.0 Å². The SMILES string of the molecule is COc1nc(N)nc2c1ncn2[C@@H]1O[C@H](CO[P@]2(=O)N[C@@H](C(C)=O)CCCS2)[C@@H](O)[C@@]1(C)O. The van der Waals surface area contributed by atoms with Crippen molar-refractivity contribution in [2.24, 2.45) is 0 Å². The number of nitrogen functional groups attached to an aromatic ring is 1. The topological polar surface area (TPSA) is 184 Å². The minimum atomic E-state index is -3.42. The van der Waals surface area contributed by atoms with E-state index in [1.807, 2.05) is 0 Å². The molecule has 2 aliphatic heterocycles. The number of methoxy groups -OCH3 is 1. The van der Waals surface area contributed by atoms with Crippen LogP contribution in [0, 0.1) is 0 Å². The molecule has 2 aliphatic rings. The van der Waals surface area contributed by atoms with Crippen molar-refractivity contribution in [1.29, 1.82) is 0 Å². The van der Waals surface area contributed by atoms with Crippen LogP contribution in [0.15, 0.2) is 6.33 Å². The van der Waals surface area contributed by atoms with Crippen LogP contribution in [-0.4, -0.2) is 78.8 Å². The number of Topliss-reactive ketones (excluding diaryl/α,β-unsaturated/α-hetero) is 1. The van der Waals surface area contributed by atoms with Gasteiger partial charge in [0.1, 0.15) is 23.6 Å². The van der Waals surface area contributed by atoms with Crippen LogP contribution in [0.4, 0.5) is 5.95 Å². The summed E-state index contributed by atoms with van der Waals surface area (Å²) in [6.07, 6.45) is -0.846. The fourth-order valence-electron chi connectivity index (χ4n) is 3.90. The van der Waals surface area contributed by atoms with E-state index in [1.165, 1.54) is 31.9 Å². The van der Waals surface area contributed by atoms with Gasteiger partial charge in [-0.05, 0) is 26.7 Å². The molecule has 0 spiro atoms. The molecule has 2 aromatic rings. The maximum absolute atomic E-state index is 13.2. The number of aliphatic hydroxyl groups is 2. The first-order chi connectivity index (χ1) is 15.6. The molecule has 5 N–H and O–H groups in total. The molecule has 0 aliphatic carbocycles. The lowest BCUT2D eigenvalue weighted by Gasteiger charge is -2.27. The lowest BCUT2D eigenvalue weighted by molar-refractivity contribution is -0.118. The first-order valence-electron chi connectivity index (χ1n) is 10.3. The number of anilines is 1. The number of aromatic nitrogens is 4. The van der Waals surface area contributed by atoms with Gasteiger partial charge in [0.25, 0.3) is 0 Å². The van der Waals surface area contributed by atoms with Crippen LogP contribution in [-0.2, 0) is 18.6 Å². The predicted molar refractivity (Wildman–Crippen MR) is 120 cm³/mol. The van der Waals surface area contributed by atoms with Gasteiger partial charge in [-0.3, -0.25) is 13.9 Å². The Morgan fingerprint density at radius 3 is 2.97 bits per heavy atom. The summed E-state index contributed by atoms with van der Waals surface area (Å²) >= 11 is 1.11. The average Bonchev–Trinajstić information content (AvgIpc) is 3.18. The maximum Gasteiger partial charge on any atom is 0.327 e. The summed E-state index contributed by atoms with van der Waals surface area (Å²) in [4.78, 5) is 24.2. The Balaban J connectivity index is 1.55. The lowest BCUT2D eigenvalue weighted by atomic mass is 9.96. The zero-order chi connectivity index (χ0) is 24.0. The number of rotatable bonds is 6. The van der Waals surface area contributed by atoms with E-state index in [4.69, 9.17) is 19.7 Å². The summed E-state index contributed by atoms with van der Waals surface area (Å²) in [6.45, 7) is -0.858. The smallest absolute Gasteiger partial charge is 0.327 e. The third-order valence-corrected chi connectivity index (χ3v) is 9.85. The second-order valence-corrected chi connectivity index (χ2v) is 12.6. The van der Waals surface area contributed by atoms with Crippen molar-refractivity contribution >= 4 is 41.0 Å². The number of carbonyl (C=O) groups is 1. The number of hydrogen-bond donors (Lipinski definition) is 4.